The van der Waals surface area contributed by atoms with Crippen LogP contribution in [0.5, 0.6) is 0 Å². The highest BCUT2D eigenvalue weighted by Crippen LogP contribution is 2.28. The van der Waals surface area contributed by atoms with Crippen molar-refractivity contribution in [2.45, 2.75) is 40.2 Å². The van der Waals surface area contributed by atoms with Gasteiger partial charge in [0.05, 0.1) is 22.7 Å². The molecule has 0 spiro atoms. The number of nitrogens with one attached hydrogen (secondary N) is 2. The molecule has 4 amide bonds. The molecule has 0 aliphatic heterocycles. The average Bonchev–Trinajstić information content (AvgIpc) is 3.13. The highest BCUT2D eigenvalue weighted by atomic mass is 19.1. The summed E-state index contributed by atoms with van der Waals surface area (Å²) in [4.78, 5) is 42.5. The number of hydrogen-bond acceptors (Lipinski definition) is 5. The predicted octanol–water partition coefficient (Wildman–Crippen LogP) is 4.10. The number of urea groups is 1. The molecule has 4 N–H and O–H groups in total. The molecule has 0 bridgehead atoms. The molecule has 0 atom stereocenters. The van der Waals surface area contributed by atoms with Crippen LogP contribution in [-0.4, -0.2) is 34.4 Å². The van der Waals surface area contributed by atoms with E-state index in [9.17, 15) is 23.2 Å². The summed E-state index contributed by atoms with van der Waals surface area (Å²) in [6.45, 7) is 5.95. The van der Waals surface area contributed by atoms with Gasteiger partial charge < -0.3 is 20.5 Å². The van der Waals surface area contributed by atoms with E-state index in [1.165, 1.54) is 9.47 Å². The van der Waals surface area contributed by atoms with Crippen molar-refractivity contribution in [3.05, 3.63) is 47.5 Å². The number of aryl methyl sites for hydroxylation is 1. The molecule has 37 heavy (non-hydrogen) atoms. The molecule has 10 nitrogen and oxygen atoms in total. The van der Waals surface area contributed by atoms with Crippen molar-refractivity contribution in [1.29, 1.82) is 5.26 Å². The molecule has 1 aromatic heterocycles. The van der Waals surface area contributed by atoms with Crippen molar-refractivity contribution in [3.8, 4) is 6.07 Å². The third-order valence-electron chi connectivity index (χ3n) is 5.39. The molecule has 0 saturated carbocycles. The third kappa shape index (κ3) is 6.58. The number of fused-ring (bicyclic) bond motifs is 1. The molecule has 0 unspecified atom stereocenters. The van der Waals surface area contributed by atoms with Crippen molar-refractivity contribution in [3.63, 3.8) is 0 Å². The van der Waals surface area contributed by atoms with Gasteiger partial charge in [0.1, 0.15) is 5.69 Å². The number of amides is 4. The van der Waals surface area contributed by atoms with E-state index in [0.29, 0.717) is 23.1 Å². The number of hydrogen-bond donors (Lipinski definition) is 3. The van der Waals surface area contributed by atoms with Crippen LogP contribution in [0.2, 0.25) is 0 Å². The minimum Gasteiger partial charge on any atom is -0.370 e. The first-order valence-corrected chi connectivity index (χ1v) is 11.3. The Labute approximate surface area is 212 Å². The summed E-state index contributed by atoms with van der Waals surface area (Å²) in [5, 5.41) is 13.3. The standard InChI is InChI=1S/C25H27F2N7O3/c1-25(2,3)12-21(36)33(4)15-5-6-19-18(11-15)30-23(34(19)8-7-20(29)35)32-24(37)31-22-16(26)9-14(13-28)10-17(22)27/h5-6,9-11H,7-8,12H2,1-4H3,(H2,29,35)(H2,30,31,32,37). The van der Waals surface area contributed by atoms with E-state index >= 15 is 0 Å². The summed E-state index contributed by atoms with van der Waals surface area (Å²) in [5.41, 5.74) is 5.62. The summed E-state index contributed by atoms with van der Waals surface area (Å²) in [6, 6.07) is 7.24. The summed E-state index contributed by atoms with van der Waals surface area (Å²) < 4.78 is 29.9. The van der Waals surface area contributed by atoms with Gasteiger partial charge in [-0.1, -0.05) is 20.8 Å². The van der Waals surface area contributed by atoms with E-state index in [0.717, 1.165) is 12.1 Å². The lowest BCUT2D eigenvalue weighted by molar-refractivity contribution is -0.120. The van der Waals surface area contributed by atoms with Crippen LogP contribution in [-0.2, 0) is 16.1 Å². The average molecular weight is 512 g/mol. The predicted molar refractivity (Wildman–Crippen MR) is 135 cm³/mol. The second-order valence-corrected chi connectivity index (χ2v) is 9.67. The first-order chi connectivity index (χ1) is 17.3. The number of halogens is 2. The number of nitrogens with two attached hydrogens (primary N) is 1. The molecule has 0 radical (unpaired) electrons. The zero-order valence-electron chi connectivity index (χ0n) is 20.9. The van der Waals surface area contributed by atoms with Crippen LogP contribution < -0.4 is 21.3 Å². The van der Waals surface area contributed by atoms with Gasteiger partial charge in [0, 0.05) is 32.1 Å². The lowest BCUT2D eigenvalue weighted by Crippen LogP contribution is -2.29. The summed E-state index contributed by atoms with van der Waals surface area (Å²) >= 11 is 0. The smallest absolute Gasteiger partial charge is 0.326 e. The first-order valence-electron chi connectivity index (χ1n) is 11.3. The molecule has 2 aromatic carbocycles. The van der Waals surface area contributed by atoms with E-state index in [4.69, 9.17) is 11.0 Å². The van der Waals surface area contributed by atoms with E-state index in [-0.39, 0.29) is 35.8 Å². The van der Waals surface area contributed by atoms with Crippen molar-refractivity contribution >= 4 is 46.2 Å². The van der Waals surface area contributed by atoms with Gasteiger partial charge in [0.2, 0.25) is 17.8 Å². The van der Waals surface area contributed by atoms with E-state index in [2.05, 4.69) is 15.6 Å². The van der Waals surface area contributed by atoms with Gasteiger partial charge in [-0.25, -0.2) is 18.6 Å². The Morgan fingerprint density at radius 2 is 1.78 bits per heavy atom. The van der Waals surface area contributed by atoms with Crippen LogP contribution in [0.3, 0.4) is 0 Å². The second-order valence-electron chi connectivity index (χ2n) is 9.67. The highest BCUT2D eigenvalue weighted by Gasteiger charge is 2.22. The number of imidazole rings is 1. The largest absolute Gasteiger partial charge is 0.370 e. The maximum atomic E-state index is 14.2. The highest BCUT2D eigenvalue weighted by molar-refractivity contribution is 6.00. The fourth-order valence-corrected chi connectivity index (χ4v) is 3.59. The summed E-state index contributed by atoms with van der Waals surface area (Å²) in [5.74, 6) is -2.93. The van der Waals surface area contributed by atoms with Crippen LogP contribution in [0.15, 0.2) is 30.3 Å². The lowest BCUT2D eigenvalue weighted by atomic mass is 9.91. The van der Waals surface area contributed by atoms with Gasteiger partial charge in [-0.15, -0.1) is 0 Å². The maximum absolute atomic E-state index is 14.2. The number of aromatic nitrogens is 2. The zero-order valence-corrected chi connectivity index (χ0v) is 20.9. The van der Waals surface area contributed by atoms with E-state index < -0.39 is 29.3 Å². The van der Waals surface area contributed by atoms with Gasteiger partial charge in [-0.05, 0) is 35.7 Å². The minimum absolute atomic E-state index is 0.0102. The summed E-state index contributed by atoms with van der Waals surface area (Å²) in [6.07, 6.45) is 0.260. The first kappa shape index (κ1) is 27.1. The van der Waals surface area contributed by atoms with Gasteiger partial charge in [-0.3, -0.25) is 14.9 Å². The zero-order chi connectivity index (χ0) is 27.5. The van der Waals surface area contributed by atoms with Crippen molar-refractivity contribution in [1.82, 2.24) is 9.55 Å². The van der Waals surface area contributed by atoms with Crippen LogP contribution in [0.25, 0.3) is 11.0 Å². The lowest BCUT2D eigenvalue weighted by Gasteiger charge is -2.23. The monoisotopic (exact) mass is 511 g/mol. The number of benzene rings is 2. The Morgan fingerprint density at radius 3 is 2.35 bits per heavy atom. The Bertz CT molecular complexity index is 1400. The van der Waals surface area contributed by atoms with Crippen LogP contribution in [0, 0.1) is 28.4 Å². The van der Waals surface area contributed by atoms with Crippen LogP contribution in [0.1, 0.15) is 39.2 Å². The molecule has 1 heterocycles. The Balaban J connectivity index is 1.92. The van der Waals surface area contributed by atoms with Crippen LogP contribution in [0.4, 0.5) is 30.9 Å². The molecule has 12 heteroatoms. The number of nitriles is 1. The molecule has 0 aliphatic rings. The summed E-state index contributed by atoms with van der Waals surface area (Å²) in [7, 11) is 1.65. The van der Waals surface area contributed by atoms with Crippen LogP contribution >= 0.6 is 0 Å². The van der Waals surface area contributed by atoms with Crippen molar-refractivity contribution in [2.24, 2.45) is 11.1 Å². The van der Waals surface area contributed by atoms with Gasteiger partial charge in [0.15, 0.2) is 11.6 Å². The fraction of sp³-hybridized carbons (Fsp3) is 0.320. The molecule has 0 aliphatic carbocycles. The third-order valence-corrected chi connectivity index (χ3v) is 5.39. The molecule has 0 saturated heterocycles. The number of carbonyl (C=O) groups excluding carboxylic acids is 3. The van der Waals surface area contributed by atoms with E-state index in [1.54, 1.807) is 31.3 Å². The van der Waals surface area contributed by atoms with Gasteiger partial charge in [0.25, 0.3) is 0 Å². The van der Waals surface area contributed by atoms with Gasteiger partial charge in [-0.2, -0.15) is 5.26 Å². The van der Waals surface area contributed by atoms with Crippen molar-refractivity contribution in [2.75, 3.05) is 22.6 Å². The quantitative estimate of drug-likeness (QED) is 0.437. The second kappa shape index (κ2) is 10.6. The number of rotatable bonds is 7. The SMILES string of the molecule is CN(C(=O)CC(C)(C)C)c1ccc2c(c1)nc(NC(=O)Nc1c(F)cc(C#N)cc1F)n2CCC(N)=O. The Hall–Kier alpha value is -4.53. The van der Waals surface area contributed by atoms with Gasteiger partial charge >= 0.3 is 6.03 Å². The Morgan fingerprint density at radius 1 is 1.14 bits per heavy atom. The number of carbonyl (C=O) groups is 3. The molecule has 3 rings (SSSR count). The number of anilines is 3. The number of primary amides is 1. The molecular weight excluding hydrogens is 484 g/mol. The normalized spacial score (nSPS) is 11.2. The van der Waals surface area contributed by atoms with Crippen molar-refractivity contribution < 1.29 is 23.2 Å². The molecule has 194 valence electrons. The molecule has 0 fully saturated rings. The molecule has 3 aromatic rings. The Kier molecular flexibility index (Phi) is 7.76. The number of nitrogens with zero attached hydrogens (tertiary/aromatic N) is 4. The maximum Gasteiger partial charge on any atom is 0.326 e. The van der Waals surface area contributed by atoms with E-state index in [1.807, 2.05) is 20.8 Å². The minimum atomic E-state index is -1.12. The topological polar surface area (TPSA) is 146 Å². The molecular formula is C25H27F2N7O3. The fourth-order valence-electron chi connectivity index (χ4n) is 3.59.